The van der Waals surface area contributed by atoms with E-state index in [0.29, 0.717) is 51.8 Å². The zero-order valence-corrected chi connectivity index (χ0v) is 38.0. The van der Waals surface area contributed by atoms with Crippen molar-refractivity contribution in [2.45, 2.75) is 234 Å². The van der Waals surface area contributed by atoms with Crippen molar-refractivity contribution in [3.05, 3.63) is 12.2 Å². The topological polar surface area (TPSA) is 89.8 Å². The molecular formula is C51H91NO4. The highest BCUT2D eigenvalue weighted by atomic mass is 16.4. The molecule has 13 atom stereocenters. The van der Waals surface area contributed by atoms with Crippen molar-refractivity contribution in [2.24, 2.45) is 62.6 Å². The maximum atomic E-state index is 12.5. The summed E-state index contributed by atoms with van der Waals surface area (Å²) in [7, 11) is 0. The van der Waals surface area contributed by atoms with Gasteiger partial charge in [-0.1, -0.05) is 112 Å². The summed E-state index contributed by atoms with van der Waals surface area (Å²) in [6.45, 7) is 20.7. The van der Waals surface area contributed by atoms with E-state index in [4.69, 9.17) is 0 Å². The number of aliphatic hydroxyl groups is 3. The van der Waals surface area contributed by atoms with Gasteiger partial charge in [0.1, 0.15) is 6.10 Å². The first-order valence-electron chi connectivity index (χ1n) is 24.5. The minimum atomic E-state index is -1.25. The van der Waals surface area contributed by atoms with Gasteiger partial charge in [-0.15, -0.1) is 0 Å². The zero-order valence-electron chi connectivity index (χ0n) is 38.0. The summed E-state index contributed by atoms with van der Waals surface area (Å²) in [6, 6.07) is 0. The van der Waals surface area contributed by atoms with Crippen LogP contribution in [-0.2, 0) is 4.79 Å². The van der Waals surface area contributed by atoms with Crippen LogP contribution in [0.15, 0.2) is 12.2 Å². The Kier molecular flexibility index (Phi) is 16.2. The third kappa shape index (κ3) is 9.66. The molecular weight excluding hydrogens is 691 g/mol. The van der Waals surface area contributed by atoms with E-state index in [1.54, 1.807) is 0 Å². The predicted octanol–water partition coefficient (Wildman–Crippen LogP) is 12.4. The minimum Gasteiger partial charge on any atom is -0.390 e. The van der Waals surface area contributed by atoms with Crippen LogP contribution in [0.3, 0.4) is 0 Å². The summed E-state index contributed by atoms with van der Waals surface area (Å²) >= 11 is 0. The highest BCUT2D eigenvalue weighted by molar-refractivity contribution is 5.75. The average Bonchev–Trinajstić information content (AvgIpc) is 3.51. The van der Waals surface area contributed by atoms with Crippen molar-refractivity contribution in [2.75, 3.05) is 6.54 Å². The van der Waals surface area contributed by atoms with Crippen LogP contribution in [-0.4, -0.2) is 46.1 Å². The van der Waals surface area contributed by atoms with Gasteiger partial charge < -0.3 is 20.6 Å². The molecule has 0 aromatic heterocycles. The van der Waals surface area contributed by atoms with Crippen molar-refractivity contribution in [1.82, 2.24) is 5.32 Å². The second-order valence-electron chi connectivity index (χ2n) is 22.4. The first-order chi connectivity index (χ1) is 26.5. The van der Waals surface area contributed by atoms with Gasteiger partial charge in [0, 0.05) is 13.0 Å². The number of aliphatic hydroxyl groups excluding tert-OH is 3. The molecule has 0 saturated heterocycles. The monoisotopic (exact) mass is 782 g/mol. The van der Waals surface area contributed by atoms with E-state index >= 15 is 0 Å². The fourth-order valence-electron chi connectivity index (χ4n) is 15.5. The Labute approximate surface area is 345 Å². The smallest absolute Gasteiger partial charge is 0.220 e. The largest absolute Gasteiger partial charge is 0.390 e. The Hall–Kier alpha value is -0.910. The van der Waals surface area contributed by atoms with Crippen LogP contribution in [0.25, 0.3) is 0 Å². The highest BCUT2D eigenvalue weighted by Crippen LogP contribution is 2.78. The van der Waals surface area contributed by atoms with Crippen molar-refractivity contribution < 1.29 is 20.1 Å². The molecule has 0 aliphatic heterocycles. The molecule has 0 aromatic rings. The lowest BCUT2D eigenvalue weighted by Gasteiger charge is -2.73. The summed E-state index contributed by atoms with van der Waals surface area (Å²) in [4.78, 5) is 12.5. The fraction of sp³-hybridized carbons (Fsp3) is 0.941. The predicted molar refractivity (Wildman–Crippen MR) is 234 cm³/mol. The SMILES string of the molecule is CCCCCC/C=C\CCCCCCCC(=O)NC[C@H](O)[C@H](O)[C@H](O)CC[C@@H](C)[C@H]1CC[C@@]2(C)[C@@H]1CC[C@]1(C)[C@@H]2CC[C@@H]2[C@@]3(C)CCCC(C)(C)[C@@H]3CC[C@]21C. The van der Waals surface area contributed by atoms with Crippen molar-refractivity contribution in [3.63, 3.8) is 0 Å². The molecule has 1 amide bonds. The molecule has 324 valence electrons. The lowest BCUT2D eigenvalue weighted by molar-refractivity contribution is -0.241. The summed E-state index contributed by atoms with van der Waals surface area (Å²) in [5.41, 5.74) is 2.19. The lowest BCUT2D eigenvalue weighted by atomic mass is 9.32. The molecule has 0 heterocycles. The van der Waals surface area contributed by atoms with E-state index in [-0.39, 0.29) is 12.5 Å². The lowest BCUT2D eigenvalue weighted by Crippen LogP contribution is -2.65. The number of fused-ring (bicyclic) bond motifs is 7. The molecule has 4 N–H and O–H groups in total. The summed E-state index contributed by atoms with van der Waals surface area (Å²) in [5.74, 6) is 4.32. The molecule has 5 aliphatic rings. The number of unbranched alkanes of at least 4 members (excludes halogenated alkanes) is 9. The minimum absolute atomic E-state index is 0.0159. The van der Waals surface area contributed by atoms with Gasteiger partial charge >= 0.3 is 0 Å². The fourth-order valence-corrected chi connectivity index (χ4v) is 15.5. The highest BCUT2D eigenvalue weighted by Gasteiger charge is 2.70. The summed E-state index contributed by atoms with van der Waals surface area (Å²) in [5, 5.41) is 35.3. The van der Waals surface area contributed by atoms with Crippen LogP contribution in [0.4, 0.5) is 0 Å². The summed E-state index contributed by atoms with van der Waals surface area (Å²) < 4.78 is 0. The van der Waals surface area contributed by atoms with Gasteiger partial charge in [-0.3, -0.25) is 4.79 Å². The Morgan fingerprint density at radius 2 is 1.27 bits per heavy atom. The van der Waals surface area contributed by atoms with Crippen LogP contribution in [0.2, 0.25) is 0 Å². The van der Waals surface area contributed by atoms with Crippen molar-refractivity contribution in [3.8, 4) is 0 Å². The maximum absolute atomic E-state index is 12.5. The molecule has 56 heavy (non-hydrogen) atoms. The molecule has 0 spiro atoms. The van der Waals surface area contributed by atoms with E-state index in [1.165, 1.54) is 116 Å². The van der Waals surface area contributed by atoms with Crippen LogP contribution < -0.4 is 5.32 Å². The number of hydrogen-bond acceptors (Lipinski definition) is 4. The Bertz CT molecular complexity index is 1260. The Morgan fingerprint density at radius 3 is 1.95 bits per heavy atom. The first-order valence-corrected chi connectivity index (χ1v) is 24.5. The molecule has 5 nitrogen and oxygen atoms in total. The van der Waals surface area contributed by atoms with Crippen LogP contribution in [0.1, 0.15) is 216 Å². The number of rotatable bonds is 21. The van der Waals surface area contributed by atoms with Gasteiger partial charge in [0.25, 0.3) is 0 Å². The molecule has 5 fully saturated rings. The number of carbonyl (C=O) groups is 1. The number of allylic oxidation sites excluding steroid dienone is 2. The third-order valence-electron chi connectivity index (χ3n) is 18.9. The van der Waals surface area contributed by atoms with E-state index < -0.39 is 18.3 Å². The van der Waals surface area contributed by atoms with Gasteiger partial charge in [0.2, 0.25) is 5.91 Å². The third-order valence-corrected chi connectivity index (χ3v) is 18.9. The van der Waals surface area contributed by atoms with E-state index in [1.807, 2.05) is 0 Å². The Morgan fingerprint density at radius 1 is 0.661 bits per heavy atom. The first kappa shape index (κ1) is 46.2. The normalized spacial score (nSPS) is 38.5. The molecule has 5 aliphatic carbocycles. The van der Waals surface area contributed by atoms with Gasteiger partial charge in [0.15, 0.2) is 0 Å². The quantitative estimate of drug-likeness (QED) is 0.0690. The maximum Gasteiger partial charge on any atom is 0.220 e. The van der Waals surface area contributed by atoms with Gasteiger partial charge in [0.05, 0.1) is 12.2 Å². The number of hydrogen-bond donors (Lipinski definition) is 4. The molecule has 0 aromatic carbocycles. The van der Waals surface area contributed by atoms with Gasteiger partial charge in [-0.2, -0.15) is 0 Å². The molecule has 0 unspecified atom stereocenters. The van der Waals surface area contributed by atoms with Gasteiger partial charge in [-0.25, -0.2) is 0 Å². The molecule has 0 radical (unpaired) electrons. The summed E-state index contributed by atoms with van der Waals surface area (Å²) in [6.07, 6.45) is 31.4. The molecule has 5 heteroatoms. The average molecular weight is 782 g/mol. The van der Waals surface area contributed by atoms with E-state index in [0.717, 1.165) is 55.8 Å². The molecule has 5 rings (SSSR count). The van der Waals surface area contributed by atoms with Crippen molar-refractivity contribution >= 4 is 5.91 Å². The van der Waals surface area contributed by atoms with E-state index in [2.05, 4.69) is 72.9 Å². The van der Waals surface area contributed by atoms with Crippen LogP contribution in [0.5, 0.6) is 0 Å². The standard InChI is InChI=1S/C51H91NO4/c1-9-10-11-12-13-14-15-16-17-18-19-20-21-23-45(55)52-36-41(54)46(56)40(53)25-24-37(2)38-28-33-48(5)39(38)29-34-50(7)43(48)26-27-44-49(6)32-22-31-47(3,4)42(49)30-35-51(44,50)8/h14-15,37-44,46,53-54,56H,9-13,16-36H2,1-8H3,(H,52,55)/b15-14-/t37-,38-,39-,40-,41+,42+,43-,44-,46-,48+,49+,50-,51-/m1/s1. The molecule has 0 bridgehead atoms. The Balaban J connectivity index is 1.01. The van der Waals surface area contributed by atoms with Gasteiger partial charge in [-0.05, 0) is 172 Å². The second kappa shape index (κ2) is 19.6. The second-order valence-corrected chi connectivity index (χ2v) is 22.4. The molecule has 5 saturated carbocycles. The zero-order chi connectivity index (χ0) is 40.8. The number of nitrogens with one attached hydrogen (secondary N) is 1. The van der Waals surface area contributed by atoms with E-state index in [9.17, 15) is 20.1 Å². The number of carbonyl (C=O) groups excluding carboxylic acids is 1. The van der Waals surface area contributed by atoms with Crippen LogP contribution in [0, 0.1) is 62.6 Å². The number of amides is 1. The van der Waals surface area contributed by atoms with Crippen LogP contribution >= 0.6 is 0 Å². The van der Waals surface area contributed by atoms with Crippen molar-refractivity contribution in [1.29, 1.82) is 0 Å².